The van der Waals surface area contributed by atoms with E-state index in [1.54, 1.807) is 23.1 Å². The molecule has 0 unspecified atom stereocenters. The topological polar surface area (TPSA) is 20.3 Å². The molecule has 1 amide bonds. The molecule has 6 heteroatoms. The molecule has 1 aromatic carbocycles. The highest BCUT2D eigenvalue weighted by atomic mass is 35.5. The van der Waals surface area contributed by atoms with E-state index in [1.165, 1.54) is 11.8 Å². The number of amides is 1. The van der Waals surface area contributed by atoms with Crippen LogP contribution in [0.3, 0.4) is 0 Å². The van der Waals surface area contributed by atoms with Gasteiger partial charge in [0.25, 0.3) is 5.91 Å². The normalized spacial score (nSPS) is 17.9. The lowest BCUT2D eigenvalue weighted by Gasteiger charge is -2.18. The minimum atomic E-state index is -0.0592. The number of thiocarbonyl (C=S) groups is 1. The maximum absolute atomic E-state index is 12.2. The Labute approximate surface area is 131 Å². The fraction of sp³-hybridized carbons (Fsp3) is 0.231. The Balaban J connectivity index is 2.32. The lowest BCUT2D eigenvalue weighted by molar-refractivity contribution is -0.123. The molecule has 1 aliphatic heterocycles. The van der Waals surface area contributed by atoms with Crippen LogP contribution in [0.2, 0.25) is 10.0 Å². The van der Waals surface area contributed by atoms with Crippen molar-refractivity contribution in [1.82, 2.24) is 4.90 Å². The van der Waals surface area contributed by atoms with Crippen LogP contribution >= 0.6 is 47.2 Å². The highest BCUT2D eigenvalue weighted by molar-refractivity contribution is 8.26. The van der Waals surface area contributed by atoms with E-state index in [0.717, 1.165) is 5.56 Å². The number of hydrogen-bond donors (Lipinski definition) is 0. The lowest BCUT2D eigenvalue weighted by Crippen LogP contribution is -2.34. The maximum atomic E-state index is 12.2. The van der Waals surface area contributed by atoms with Gasteiger partial charge in [-0.15, -0.1) is 0 Å². The zero-order chi connectivity index (χ0) is 14.2. The molecule has 0 bridgehead atoms. The molecule has 0 N–H and O–H groups in total. The molecule has 1 fully saturated rings. The van der Waals surface area contributed by atoms with Gasteiger partial charge < -0.3 is 0 Å². The minimum Gasteiger partial charge on any atom is -0.290 e. The van der Waals surface area contributed by atoms with E-state index in [0.29, 0.717) is 19.3 Å². The third kappa shape index (κ3) is 3.14. The van der Waals surface area contributed by atoms with Crippen LogP contribution in [0.1, 0.15) is 19.4 Å². The van der Waals surface area contributed by atoms with E-state index in [4.69, 9.17) is 35.4 Å². The molecule has 1 aromatic rings. The standard InChI is InChI=1S/C13H11Cl2NOS2/c1-7(2)16-12(17)11(19-13(16)18)6-8-3-4-9(14)10(15)5-8/h3-7H,1-2H3. The quantitative estimate of drug-likeness (QED) is 0.583. The van der Waals surface area contributed by atoms with Crippen LogP contribution in [-0.2, 0) is 4.79 Å². The molecular weight excluding hydrogens is 321 g/mol. The largest absolute Gasteiger partial charge is 0.290 e. The second-order valence-corrected chi connectivity index (χ2v) is 6.81. The summed E-state index contributed by atoms with van der Waals surface area (Å²) in [5.41, 5.74) is 0.832. The third-order valence-corrected chi connectivity index (χ3v) is 4.65. The molecule has 0 atom stereocenters. The Morgan fingerprint density at radius 1 is 1.32 bits per heavy atom. The van der Waals surface area contributed by atoms with Crippen molar-refractivity contribution in [2.45, 2.75) is 19.9 Å². The second-order valence-electron chi connectivity index (χ2n) is 4.32. The van der Waals surface area contributed by atoms with Gasteiger partial charge in [-0.1, -0.05) is 53.2 Å². The number of nitrogens with zero attached hydrogens (tertiary/aromatic N) is 1. The average Bonchev–Trinajstić information content (AvgIpc) is 2.59. The predicted molar refractivity (Wildman–Crippen MR) is 86.6 cm³/mol. The smallest absolute Gasteiger partial charge is 0.266 e. The molecule has 100 valence electrons. The average molecular weight is 332 g/mol. The van der Waals surface area contributed by atoms with Crippen LogP contribution in [-0.4, -0.2) is 21.2 Å². The number of halogens is 2. The molecular formula is C13H11Cl2NOS2. The Morgan fingerprint density at radius 3 is 2.53 bits per heavy atom. The molecule has 0 saturated carbocycles. The van der Waals surface area contributed by atoms with Gasteiger partial charge in [-0.05, 0) is 37.6 Å². The molecule has 0 aliphatic carbocycles. The van der Waals surface area contributed by atoms with Gasteiger partial charge in [-0.2, -0.15) is 0 Å². The van der Waals surface area contributed by atoms with Crippen molar-refractivity contribution in [2.24, 2.45) is 0 Å². The van der Waals surface area contributed by atoms with Crippen molar-refractivity contribution in [3.63, 3.8) is 0 Å². The van der Waals surface area contributed by atoms with Gasteiger partial charge in [-0.3, -0.25) is 9.69 Å². The van der Waals surface area contributed by atoms with Crippen molar-refractivity contribution in [2.75, 3.05) is 0 Å². The van der Waals surface area contributed by atoms with Crippen molar-refractivity contribution >= 4 is 63.5 Å². The number of carbonyl (C=O) groups excluding carboxylic acids is 1. The summed E-state index contributed by atoms with van der Waals surface area (Å²) in [6, 6.07) is 5.31. The van der Waals surface area contributed by atoms with E-state index in [9.17, 15) is 4.79 Å². The molecule has 0 radical (unpaired) electrons. The summed E-state index contributed by atoms with van der Waals surface area (Å²) in [4.78, 5) is 14.4. The van der Waals surface area contributed by atoms with Crippen LogP contribution in [0.25, 0.3) is 6.08 Å². The van der Waals surface area contributed by atoms with Gasteiger partial charge in [0, 0.05) is 6.04 Å². The Bertz CT molecular complexity index is 584. The Hall–Kier alpha value is -0.550. The summed E-state index contributed by atoms with van der Waals surface area (Å²) >= 11 is 18.3. The first-order chi connectivity index (χ1) is 8.90. The van der Waals surface area contributed by atoms with E-state index in [1.807, 2.05) is 19.9 Å². The van der Waals surface area contributed by atoms with Gasteiger partial charge in [0.2, 0.25) is 0 Å². The number of hydrogen-bond acceptors (Lipinski definition) is 3. The third-order valence-electron chi connectivity index (χ3n) is 2.58. The van der Waals surface area contributed by atoms with Crippen molar-refractivity contribution in [1.29, 1.82) is 0 Å². The molecule has 1 saturated heterocycles. The zero-order valence-corrected chi connectivity index (χ0v) is 13.5. The number of carbonyl (C=O) groups is 1. The first kappa shape index (κ1) is 14.9. The van der Waals surface area contributed by atoms with Crippen LogP contribution in [0.4, 0.5) is 0 Å². The summed E-state index contributed by atoms with van der Waals surface area (Å²) < 4.78 is 0.589. The second kappa shape index (κ2) is 5.83. The summed E-state index contributed by atoms with van der Waals surface area (Å²) in [6.07, 6.45) is 1.78. The molecule has 1 heterocycles. The summed E-state index contributed by atoms with van der Waals surface area (Å²) in [5.74, 6) is -0.0592. The van der Waals surface area contributed by atoms with Crippen LogP contribution < -0.4 is 0 Å². The fourth-order valence-electron chi connectivity index (χ4n) is 1.68. The fourth-order valence-corrected chi connectivity index (χ4v) is 3.51. The SMILES string of the molecule is CC(C)N1C(=O)C(=Cc2ccc(Cl)c(Cl)c2)SC1=S. The zero-order valence-electron chi connectivity index (χ0n) is 10.3. The Morgan fingerprint density at radius 2 is 2.00 bits per heavy atom. The molecule has 19 heavy (non-hydrogen) atoms. The molecule has 0 spiro atoms. The van der Waals surface area contributed by atoms with E-state index >= 15 is 0 Å². The Kier molecular flexibility index (Phi) is 4.56. The number of rotatable bonds is 2. The van der Waals surface area contributed by atoms with Crippen molar-refractivity contribution < 1.29 is 4.79 Å². The monoisotopic (exact) mass is 331 g/mol. The van der Waals surface area contributed by atoms with Crippen molar-refractivity contribution in [3.05, 3.63) is 38.7 Å². The summed E-state index contributed by atoms with van der Waals surface area (Å²) in [7, 11) is 0. The summed E-state index contributed by atoms with van der Waals surface area (Å²) in [6.45, 7) is 3.87. The molecule has 2 nitrogen and oxygen atoms in total. The van der Waals surface area contributed by atoms with Crippen LogP contribution in [0.15, 0.2) is 23.1 Å². The van der Waals surface area contributed by atoms with Gasteiger partial charge in [0.15, 0.2) is 0 Å². The van der Waals surface area contributed by atoms with E-state index in [2.05, 4.69) is 0 Å². The van der Waals surface area contributed by atoms with Gasteiger partial charge in [0.05, 0.1) is 15.0 Å². The minimum absolute atomic E-state index is 0.0592. The maximum Gasteiger partial charge on any atom is 0.266 e. The first-order valence-corrected chi connectivity index (χ1v) is 7.60. The van der Waals surface area contributed by atoms with Crippen molar-refractivity contribution in [3.8, 4) is 0 Å². The molecule has 0 aromatic heterocycles. The highest BCUT2D eigenvalue weighted by Gasteiger charge is 2.33. The van der Waals surface area contributed by atoms with Crippen LogP contribution in [0, 0.1) is 0 Å². The number of benzene rings is 1. The van der Waals surface area contributed by atoms with Crippen LogP contribution in [0.5, 0.6) is 0 Å². The predicted octanol–water partition coefficient (Wildman–Crippen LogP) is 4.60. The highest BCUT2D eigenvalue weighted by Crippen LogP contribution is 2.34. The van der Waals surface area contributed by atoms with Gasteiger partial charge >= 0.3 is 0 Å². The summed E-state index contributed by atoms with van der Waals surface area (Å²) in [5, 5.41) is 0.961. The lowest BCUT2D eigenvalue weighted by atomic mass is 10.2. The van der Waals surface area contributed by atoms with E-state index < -0.39 is 0 Å². The van der Waals surface area contributed by atoms with E-state index in [-0.39, 0.29) is 11.9 Å². The van der Waals surface area contributed by atoms with Gasteiger partial charge in [-0.25, -0.2) is 0 Å². The first-order valence-electron chi connectivity index (χ1n) is 5.62. The number of thioether (sulfide) groups is 1. The molecule has 1 aliphatic rings. The molecule has 2 rings (SSSR count). The van der Waals surface area contributed by atoms with Gasteiger partial charge in [0.1, 0.15) is 4.32 Å².